The van der Waals surface area contributed by atoms with Crippen LogP contribution < -0.4 is 10.1 Å². The van der Waals surface area contributed by atoms with E-state index in [9.17, 15) is 31.2 Å². The average Bonchev–Trinajstić information content (AvgIpc) is 3.48. The first-order valence-corrected chi connectivity index (χ1v) is 18.0. The highest BCUT2D eigenvalue weighted by Crippen LogP contribution is 2.46. The van der Waals surface area contributed by atoms with Crippen molar-refractivity contribution in [3.8, 4) is 5.75 Å². The number of alkyl halides is 3. The summed E-state index contributed by atoms with van der Waals surface area (Å²) in [5.41, 5.74) is 0.589. The second-order valence-electron chi connectivity index (χ2n) is 11.8. The molecule has 3 heterocycles. The molecule has 2 fully saturated rings. The predicted molar refractivity (Wildman–Crippen MR) is 181 cm³/mol. The van der Waals surface area contributed by atoms with Gasteiger partial charge >= 0.3 is 12.2 Å². The van der Waals surface area contributed by atoms with E-state index in [0.717, 1.165) is 16.4 Å². The number of hydrogen-bond acceptors (Lipinski definition) is 6. The van der Waals surface area contributed by atoms with Crippen molar-refractivity contribution in [2.45, 2.75) is 25.2 Å². The standard InChI is InChI=1S/C33H33Cl2F3N6O5S/c1-2-49-27-19-23(33(36,37)38)7-12-26(27)31-40-29(21-3-8-24(34)9-4-21)30(22-5-10-25(35)11-6-22)44(31)32(46)41-15-17-42(18-16-41)50(47,48)43-14-13-39-28(45)20-43/h3-12,19,29-30H,2,13-18,20H2,1H3,(H,39,45). The highest BCUT2D eigenvalue weighted by Gasteiger charge is 2.46. The highest BCUT2D eigenvalue weighted by molar-refractivity contribution is 7.86. The van der Waals surface area contributed by atoms with E-state index < -0.39 is 46.0 Å². The topological polar surface area (TPSA) is 115 Å². The van der Waals surface area contributed by atoms with Crippen molar-refractivity contribution in [2.75, 3.05) is 52.4 Å². The zero-order chi connectivity index (χ0) is 35.8. The van der Waals surface area contributed by atoms with E-state index >= 15 is 0 Å². The molecule has 3 amide bonds. The van der Waals surface area contributed by atoms with Gasteiger partial charge in [0.25, 0.3) is 10.2 Å². The van der Waals surface area contributed by atoms with Crippen LogP contribution in [0.1, 0.15) is 41.3 Å². The van der Waals surface area contributed by atoms with Gasteiger partial charge < -0.3 is 15.0 Å². The summed E-state index contributed by atoms with van der Waals surface area (Å²) in [5, 5.41) is 3.54. The van der Waals surface area contributed by atoms with E-state index in [1.54, 1.807) is 55.5 Å². The van der Waals surface area contributed by atoms with Gasteiger partial charge in [-0.1, -0.05) is 47.5 Å². The van der Waals surface area contributed by atoms with E-state index in [2.05, 4.69) is 5.32 Å². The summed E-state index contributed by atoms with van der Waals surface area (Å²) < 4.78 is 76.2. The Morgan fingerprint density at radius 3 is 2.12 bits per heavy atom. The van der Waals surface area contributed by atoms with E-state index in [0.29, 0.717) is 21.2 Å². The van der Waals surface area contributed by atoms with Crippen LogP contribution in [-0.2, 0) is 21.2 Å². The minimum atomic E-state index is -4.65. The van der Waals surface area contributed by atoms with Crippen molar-refractivity contribution in [3.63, 3.8) is 0 Å². The first kappa shape index (κ1) is 35.9. The lowest BCUT2D eigenvalue weighted by atomic mass is 9.93. The quantitative estimate of drug-likeness (QED) is 0.349. The van der Waals surface area contributed by atoms with Gasteiger partial charge in [-0.15, -0.1) is 0 Å². The monoisotopic (exact) mass is 752 g/mol. The zero-order valence-electron chi connectivity index (χ0n) is 26.7. The van der Waals surface area contributed by atoms with Crippen LogP contribution in [-0.4, -0.2) is 97.0 Å². The number of nitrogens with one attached hydrogen (secondary N) is 1. The van der Waals surface area contributed by atoms with Crippen molar-refractivity contribution in [1.29, 1.82) is 0 Å². The number of amides is 3. The maximum atomic E-state index is 14.7. The van der Waals surface area contributed by atoms with Crippen LogP contribution in [0.3, 0.4) is 0 Å². The molecule has 0 bridgehead atoms. The molecule has 0 aliphatic carbocycles. The Morgan fingerprint density at radius 2 is 1.54 bits per heavy atom. The minimum Gasteiger partial charge on any atom is -0.493 e. The molecule has 11 nitrogen and oxygen atoms in total. The van der Waals surface area contributed by atoms with Crippen LogP contribution in [0.2, 0.25) is 10.0 Å². The normalized spacial score (nSPS) is 20.8. The molecule has 17 heteroatoms. The molecule has 1 N–H and O–H groups in total. The number of rotatable bonds is 7. The van der Waals surface area contributed by atoms with Crippen molar-refractivity contribution in [1.82, 2.24) is 23.7 Å². The number of ether oxygens (including phenoxy) is 1. The second-order valence-corrected chi connectivity index (χ2v) is 14.6. The molecule has 3 aromatic rings. The number of hydrogen-bond donors (Lipinski definition) is 1. The third-order valence-electron chi connectivity index (χ3n) is 8.71. The van der Waals surface area contributed by atoms with Gasteiger partial charge in [0.15, 0.2) is 0 Å². The smallest absolute Gasteiger partial charge is 0.416 e. The molecule has 50 heavy (non-hydrogen) atoms. The number of piperazine rings is 2. The number of benzene rings is 3. The fraction of sp³-hybridized carbons (Fsp3) is 0.364. The Labute approximate surface area is 297 Å². The zero-order valence-corrected chi connectivity index (χ0v) is 29.1. The first-order chi connectivity index (χ1) is 23.8. The maximum absolute atomic E-state index is 14.7. The lowest BCUT2D eigenvalue weighted by molar-refractivity contribution is -0.137. The molecular formula is C33H33Cl2F3N6O5S. The Balaban J connectivity index is 1.41. The molecule has 266 valence electrons. The van der Waals surface area contributed by atoms with Crippen LogP contribution in [0.5, 0.6) is 5.75 Å². The molecule has 3 aliphatic heterocycles. The molecule has 0 saturated carbocycles. The molecule has 0 radical (unpaired) electrons. The predicted octanol–water partition coefficient (Wildman–Crippen LogP) is 5.37. The lowest BCUT2D eigenvalue weighted by Crippen LogP contribution is -2.59. The van der Waals surface area contributed by atoms with Gasteiger partial charge in [0, 0.05) is 49.3 Å². The molecule has 0 aromatic heterocycles. The first-order valence-electron chi connectivity index (χ1n) is 15.8. The van der Waals surface area contributed by atoms with Gasteiger partial charge in [-0.05, 0) is 60.5 Å². The number of amidine groups is 1. The minimum absolute atomic E-state index is 0.00611. The third kappa shape index (κ3) is 7.28. The summed E-state index contributed by atoms with van der Waals surface area (Å²) in [7, 11) is -3.98. The third-order valence-corrected chi connectivity index (χ3v) is 11.2. The van der Waals surface area contributed by atoms with Gasteiger partial charge in [0.2, 0.25) is 5.91 Å². The van der Waals surface area contributed by atoms with Gasteiger partial charge in [-0.25, -0.2) is 4.79 Å². The van der Waals surface area contributed by atoms with Gasteiger partial charge in [-0.2, -0.15) is 30.2 Å². The number of aliphatic imine (C=N–C) groups is 1. The Bertz CT molecular complexity index is 1890. The van der Waals surface area contributed by atoms with Crippen LogP contribution in [0.4, 0.5) is 18.0 Å². The molecule has 2 saturated heterocycles. The summed E-state index contributed by atoms with van der Waals surface area (Å²) >= 11 is 12.4. The number of urea groups is 1. The van der Waals surface area contributed by atoms with E-state index in [1.165, 1.54) is 20.2 Å². The number of carbonyl (C=O) groups is 2. The Hall–Kier alpha value is -3.89. The van der Waals surface area contributed by atoms with Crippen molar-refractivity contribution in [2.24, 2.45) is 4.99 Å². The van der Waals surface area contributed by atoms with E-state index in [-0.39, 0.29) is 69.6 Å². The van der Waals surface area contributed by atoms with Crippen LogP contribution in [0, 0.1) is 0 Å². The van der Waals surface area contributed by atoms with Crippen LogP contribution >= 0.6 is 23.2 Å². The molecule has 0 spiro atoms. The molecule has 3 aliphatic rings. The molecule has 2 atom stereocenters. The second kappa shape index (κ2) is 14.4. The van der Waals surface area contributed by atoms with Gasteiger partial charge in [-0.3, -0.25) is 14.7 Å². The van der Waals surface area contributed by atoms with Crippen molar-refractivity contribution in [3.05, 3.63) is 99.0 Å². The van der Waals surface area contributed by atoms with E-state index in [4.69, 9.17) is 32.9 Å². The number of halogens is 5. The SMILES string of the molecule is CCOc1cc(C(F)(F)F)ccc1C1=NC(c2ccc(Cl)cc2)C(c2ccc(Cl)cc2)N1C(=O)N1CCN(S(=O)(=O)N2CCNC(=O)C2)CC1. The summed E-state index contributed by atoms with van der Waals surface area (Å²) in [6.07, 6.45) is -4.65. The van der Waals surface area contributed by atoms with Crippen molar-refractivity contribution >= 4 is 51.2 Å². The maximum Gasteiger partial charge on any atom is 0.416 e. The molecule has 2 unspecified atom stereocenters. The summed E-state index contributed by atoms with van der Waals surface area (Å²) in [6, 6.07) is 14.8. The average molecular weight is 754 g/mol. The van der Waals surface area contributed by atoms with Gasteiger partial charge in [0.1, 0.15) is 17.6 Å². The van der Waals surface area contributed by atoms with E-state index in [1.807, 2.05) is 0 Å². The van der Waals surface area contributed by atoms with Crippen LogP contribution in [0.25, 0.3) is 0 Å². The summed E-state index contributed by atoms with van der Waals surface area (Å²) in [5.74, 6) is -0.416. The summed E-state index contributed by atoms with van der Waals surface area (Å²) in [6.45, 7) is 1.66. The van der Waals surface area contributed by atoms with Crippen molar-refractivity contribution < 1.29 is 35.9 Å². The number of nitrogens with zero attached hydrogens (tertiary/aromatic N) is 5. The molecule has 3 aromatic carbocycles. The van der Waals surface area contributed by atoms with Crippen LogP contribution in [0.15, 0.2) is 71.7 Å². The Kier molecular flexibility index (Phi) is 10.3. The fourth-order valence-corrected chi connectivity index (χ4v) is 8.06. The molecular weight excluding hydrogens is 720 g/mol. The summed E-state index contributed by atoms with van der Waals surface area (Å²) in [4.78, 5) is 34.6. The fourth-order valence-electron chi connectivity index (χ4n) is 6.25. The lowest BCUT2D eigenvalue weighted by Gasteiger charge is -2.40. The molecule has 6 rings (SSSR count). The largest absolute Gasteiger partial charge is 0.493 e. The Morgan fingerprint density at radius 1 is 0.920 bits per heavy atom. The highest BCUT2D eigenvalue weighted by atomic mass is 35.5. The van der Waals surface area contributed by atoms with Gasteiger partial charge in [0.05, 0.1) is 30.3 Å². The number of carbonyl (C=O) groups excluding carboxylic acids is 2.